The SMILES string of the molecule is COC(C)(CN)c1c(C)cccc1[N+](=O)[O-]. The van der Waals surface area contributed by atoms with Crippen LogP contribution in [0.5, 0.6) is 0 Å². The minimum atomic E-state index is -0.826. The van der Waals surface area contributed by atoms with Crippen LogP contribution in [0.3, 0.4) is 0 Å². The second-order valence-electron chi connectivity index (χ2n) is 3.87. The Bertz CT molecular complexity index is 400. The first kappa shape index (κ1) is 12.6. The van der Waals surface area contributed by atoms with Gasteiger partial charge in [-0.2, -0.15) is 0 Å². The highest BCUT2D eigenvalue weighted by molar-refractivity contribution is 5.48. The van der Waals surface area contributed by atoms with Crippen molar-refractivity contribution in [2.45, 2.75) is 19.4 Å². The van der Waals surface area contributed by atoms with Crippen LogP contribution in [0.25, 0.3) is 0 Å². The van der Waals surface area contributed by atoms with Crippen LogP contribution in [0.1, 0.15) is 18.1 Å². The minimum absolute atomic E-state index is 0.0507. The van der Waals surface area contributed by atoms with Gasteiger partial charge >= 0.3 is 0 Å². The largest absolute Gasteiger partial charge is 0.372 e. The monoisotopic (exact) mass is 224 g/mol. The Morgan fingerprint density at radius 2 is 2.19 bits per heavy atom. The van der Waals surface area contributed by atoms with Crippen LogP contribution >= 0.6 is 0 Å². The zero-order chi connectivity index (χ0) is 12.3. The van der Waals surface area contributed by atoms with Crippen molar-refractivity contribution in [2.75, 3.05) is 13.7 Å². The quantitative estimate of drug-likeness (QED) is 0.624. The molecule has 0 aliphatic carbocycles. The molecule has 0 saturated heterocycles. The smallest absolute Gasteiger partial charge is 0.275 e. The molecule has 1 aromatic carbocycles. The molecule has 1 unspecified atom stereocenters. The summed E-state index contributed by atoms with van der Waals surface area (Å²) in [5.74, 6) is 0. The number of nitro groups is 1. The van der Waals surface area contributed by atoms with Gasteiger partial charge in [0.15, 0.2) is 0 Å². The number of hydrogen-bond acceptors (Lipinski definition) is 4. The second kappa shape index (κ2) is 4.59. The van der Waals surface area contributed by atoms with Gasteiger partial charge in [0.05, 0.1) is 10.5 Å². The van der Waals surface area contributed by atoms with Crippen molar-refractivity contribution in [3.05, 3.63) is 39.4 Å². The van der Waals surface area contributed by atoms with Crippen molar-refractivity contribution in [1.29, 1.82) is 0 Å². The molecule has 2 N–H and O–H groups in total. The van der Waals surface area contributed by atoms with Gasteiger partial charge < -0.3 is 10.5 Å². The number of nitro benzene ring substituents is 1. The number of nitrogens with two attached hydrogens (primary N) is 1. The third kappa shape index (κ3) is 2.05. The highest BCUT2D eigenvalue weighted by Gasteiger charge is 2.33. The van der Waals surface area contributed by atoms with Gasteiger partial charge in [-0.15, -0.1) is 0 Å². The Balaban J connectivity index is 3.46. The Labute approximate surface area is 94.4 Å². The summed E-state index contributed by atoms with van der Waals surface area (Å²) in [5.41, 5.74) is 6.22. The van der Waals surface area contributed by atoms with E-state index in [4.69, 9.17) is 10.5 Å². The molecule has 1 atom stereocenters. The molecule has 0 spiro atoms. The van der Waals surface area contributed by atoms with E-state index in [0.29, 0.717) is 5.56 Å². The predicted molar refractivity (Wildman–Crippen MR) is 61.2 cm³/mol. The first-order chi connectivity index (χ1) is 7.46. The first-order valence-electron chi connectivity index (χ1n) is 4.96. The maximum atomic E-state index is 11.0. The number of methoxy groups -OCH3 is 1. The van der Waals surface area contributed by atoms with Crippen LogP contribution in [0.15, 0.2) is 18.2 Å². The first-order valence-corrected chi connectivity index (χ1v) is 4.96. The van der Waals surface area contributed by atoms with E-state index < -0.39 is 10.5 Å². The third-order valence-corrected chi connectivity index (χ3v) is 2.82. The lowest BCUT2D eigenvalue weighted by Gasteiger charge is -2.28. The lowest BCUT2D eigenvalue weighted by molar-refractivity contribution is -0.386. The van der Waals surface area contributed by atoms with Crippen LogP contribution in [0, 0.1) is 17.0 Å². The van der Waals surface area contributed by atoms with E-state index >= 15 is 0 Å². The molecule has 1 rings (SSSR count). The summed E-state index contributed by atoms with van der Waals surface area (Å²) in [5, 5.41) is 11.0. The molecule has 5 nitrogen and oxygen atoms in total. The van der Waals surface area contributed by atoms with Gasteiger partial charge in [-0.05, 0) is 19.4 Å². The molecule has 0 heterocycles. The average molecular weight is 224 g/mol. The van der Waals surface area contributed by atoms with Crippen molar-refractivity contribution in [1.82, 2.24) is 0 Å². The summed E-state index contributed by atoms with van der Waals surface area (Å²) in [7, 11) is 1.50. The molecule has 1 aromatic rings. The molecular weight excluding hydrogens is 208 g/mol. The van der Waals surface area contributed by atoms with Gasteiger partial charge in [0.25, 0.3) is 5.69 Å². The van der Waals surface area contributed by atoms with Crippen LogP contribution in [-0.2, 0) is 10.3 Å². The molecule has 5 heteroatoms. The summed E-state index contributed by atoms with van der Waals surface area (Å²) < 4.78 is 5.32. The highest BCUT2D eigenvalue weighted by Crippen LogP contribution is 2.34. The third-order valence-electron chi connectivity index (χ3n) is 2.82. The van der Waals surface area contributed by atoms with Gasteiger partial charge in [-0.3, -0.25) is 10.1 Å². The standard InChI is InChI=1S/C11H16N2O3/c1-8-5-4-6-9(13(14)15)10(8)11(2,7-12)16-3/h4-6H,7,12H2,1-3H3. The Hall–Kier alpha value is -1.46. The number of hydrogen-bond donors (Lipinski definition) is 1. The fourth-order valence-corrected chi connectivity index (χ4v) is 1.78. The second-order valence-corrected chi connectivity index (χ2v) is 3.87. The molecular formula is C11H16N2O3. The average Bonchev–Trinajstić information content (AvgIpc) is 2.27. The molecule has 16 heavy (non-hydrogen) atoms. The van der Waals surface area contributed by atoms with Crippen LogP contribution in [0.2, 0.25) is 0 Å². The molecule has 0 saturated carbocycles. The number of nitrogens with zero attached hydrogens (tertiary/aromatic N) is 1. The van der Waals surface area contributed by atoms with Crippen molar-refractivity contribution in [3.8, 4) is 0 Å². The van der Waals surface area contributed by atoms with Crippen LogP contribution in [0.4, 0.5) is 5.69 Å². The molecule has 0 radical (unpaired) electrons. The molecule has 0 aliphatic heterocycles. The minimum Gasteiger partial charge on any atom is -0.372 e. The normalized spacial score (nSPS) is 14.5. The van der Waals surface area contributed by atoms with E-state index in [-0.39, 0.29) is 12.2 Å². The van der Waals surface area contributed by atoms with E-state index in [1.165, 1.54) is 13.2 Å². The van der Waals surface area contributed by atoms with Crippen molar-refractivity contribution in [2.24, 2.45) is 5.73 Å². The molecule has 0 aliphatic rings. The summed E-state index contributed by atoms with van der Waals surface area (Å²) in [6.07, 6.45) is 0. The van der Waals surface area contributed by atoms with Crippen molar-refractivity contribution in [3.63, 3.8) is 0 Å². The van der Waals surface area contributed by atoms with Gasteiger partial charge in [-0.25, -0.2) is 0 Å². The Morgan fingerprint density at radius 1 is 1.56 bits per heavy atom. The van der Waals surface area contributed by atoms with Gasteiger partial charge in [0, 0.05) is 19.7 Å². The van der Waals surface area contributed by atoms with E-state index in [9.17, 15) is 10.1 Å². The summed E-state index contributed by atoms with van der Waals surface area (Å²) in [6.45, 7) is 3.76. The number of aryl methyl sites for hydroxylation is 1. The van der Waals surface area contributed by atoms with Crippen LogP contribution in [-0.4, -0.2) is 18.6 Å². The number of rotatable bonds is 4. The van der Waals surface area contributed by atoms with Crippen molar-refractivity contribution < 1.29 is 9.66 Å². The molecule has 0 amide bonds. The zero-order valence-corrected chi connectivity index (χ0v) is 9.69. The fraction of sp³-hybridized carbons (Fsp3) is 0.455. The van der Waals surface area contributed by atoms with Gasteiger partial charge in [0.2, 0.25) is 0 Å². The molecule has 88 valence electrons. The summed E-state index contributed by atoms with van der Waals surface area (Å²) in [6, 6.07) is 4.94. The number of benzene rings is 1. The lowest BCUT2D eigenvalue weighted by Crippen LogP contribution is -2.35. The van der Waals surface area contributed by atoms with Crippen molar-refractivity contribution >= 4 is 5.69 Å². The van der Waals surface area contributed by atoms with Gasteiger partial charge in [0.1, 0.15) is 5.60 Å². The Kier molecular flexibility index (Phi) is 3.62. The van der Waals surface area contributed by atoms with E-state index in [1.807, 2.05) is 13.0 Å². The maximum Gasteiger partial charge on any atom is 0.275 e. The van der Waals surface area contributed by atoms with E-state index in [0.717, 1.165) is 5.56 Å². The number of ether oxygens (including phenoxy) is 1. The summed E-state index contributed by atoms with van der Waals surface area (Å²) >= 11 is 0. The molecule has 0 aromatic heterocycles. The molecule has 0 bridgehead atoms. The van der Waals surface area contributed by atoms with E-state index in [1.54, 1.807) is 13.0 Å². The molecule has 0 fully saturated rings. The lowest BCUT2D eigenvalue weighted by atomic mass is 9.90. The predicted octanol–water partition coefficient (Wildman–Crippen LogP) is 1.72. The Morgan fingerprint density at radius 3 is 2.62 bits per heavy atom. The summed E-state index contributed by atoms with van der Waals surface area (Å²) in [4.78, 5) is 10.6. The van der Waals surface area contributed by atoms with Crippen LogP contribution < -0.4 is 5.73 Å². The topological polar surface area (TPSA) is 78.4 Å². The maximum absolute atomic E-state index is 11.0. The highest BCUT2D eigenvalue weighted by atomic mass is 16.6. The van der Waals surface area contributed by atoms with Gasteiger partial charge in [-0.1, -0.05) is 12.1 Å². The zero-order valence-electron chi connectivity index (χ0n) is 9.69. The van der Waals surface area contributed by atoms with E-state index in [2.05, 4.69) is 0 Å². The fourth-order valence-electron chi connectivity index (χ4n) is 1.78.